The topological polar surface area (TPSA) is 0 Å². The average Bonchev–Trinajstić information content (AvgIpc) is 2.29. The number of hydrogen-bond donors (Lipinski definition) is 0. The first kappa shape index (κ1) is 16.2. The highest BCUT2D eigenvalue weighted by molar-refractivity contribution is 5.41. The number of aryl methyl sites for hydroxylation is 3. The van der Waals surface area contributed by atoms with Crippen molar-refractivity contribution in [1.29, 1.82) is 0 Å². The van der Waals surface area contributed by atoms with Gasteiger partial charge in [0.05, 0.1) is 0 Å². The smallest absolute Gasteiger partial charge is 0.0129 e. The van der Waals surface area contributed by atoms with Crippen molar-refractivity contribution in [1.82, 2.24) is 0 Å². The summed E-state index contributed by atoms with van der Waals surface area (Å²) in [6.45, 7) is 17.6. The van der Waals surface area contributed by atoms with Crippen LogP contribution in [0.15, 0.2) is 12.1 Å². The van der Waals surface area contributed by atoms with Gasteiger partial charge < -0.3 is 0 Å². The zero-order valence-electron chi connectivity index (χ0n) is 13.1. The molecule has 0 spiro atoms. The second-order valence-corrected chi connectivity index (χ2v) is 5.39. The summed E-state index contributed by atoms with van der Waals surface area (Å²) >= 11 is 0. The molecule has 98 valence electrons. The van der Waals surface area contributed by atoms with E-state index in [1.807, 2.05) is 13.8 Å². The van der Waals surface area contributed by atoms with Gasteiger partial charge in [0.25, 0.3) is 0 Å². The van der Waals surface area contributed by atoms with E-state index in [9.17, 15) is 0 Å². The Bertz CT molecular complexity index is 340. The van der Waals surface area contributed by atoms with E-state index in [1.165, 1.54) is 22.3 Å². The molecule has 0 heteroatoms. The van der Waals surface area contributed by atoms with Crippen molar-refractivity contribution in [2.75, 3.05) is 0 Å². The van der Waals surface area contributed by atoms with Crippen molar-refractivity contribution in [2.24, 2.45) is 0 Å². The molecule has 0 fully saturated rings. The van der Waals surface area contributed by atoms with Crippen LogP contribution in [0.4, 0.5) is 0 Å². The Hall–Kier alpha value is -0.780. The van der Waals surface area contributed by atoms with E-state index in [2.05, 4.69) is 53.7 Å². The normalized spacial score (nSPS) is 10.8. The first-order valence-electron chi connectivity index (χ1n) is 7.03. The predicted molar refractivity (Wildman–Crippen MR) is 80.0 cm³/mol. The molecule has 1 aromatic carbocycles. The zero-order chi connectivity index (χ0) is 13.6. The van der Waals surface area contributed by atoms with E-state index >= 15 is 0 Å². The van der Waals surface area contributed by atoms with Crippen LogP contribution in [0.3, 0.4) is 0 Å². The van der Waals surface area contributed by atoms with Crippen molar-refractivity contribution < 1.29 is 0 Å². The van der Waals surface area contributed by atoms with Crippen molar-refractivity contribution in [3.05, 3.63) is 34.4 Å². The van der Waals surface area contributed by atoms with Crippen molar-refractivity contribution in [3.63, 3.8) is 0 Å². The van der Waals surface area contributed by atoms with E-state index in [0.29, 0.717) is 0 Å². The first-order chi connectivity index (χ1) is 7.90. The van der Waals surface area contributed by atoms with Crippen molar-refractivity contribution in [2.45, 2.75) is 73.6 Å². The van der Waals surface area contributed by atoms with Gasteiger partial charge >= 0.3 is 0 Å². The maximum atomic E-state index is 2.41. The molecule has 0 amide bonds. The maximum absolute atomic E-state index is 2.41. The van der Waals surface area contributed by atoms with E-state index in [4.69, 9.17) is 0 Å². The standard InChI is InChI=1S/C15H24.C2H6/c1-7-12-10-14(15(4,5)6)13(8-2)9-11(12)3;1-2/h9-10H,7-8H2,1-6H3;1-2H3. The van der Waals surface area contributed by atoms with Crippen LogP contribution >= 0.6 is 0 Å². The largest absolute Gasteiger partial charge is 0.0683 e. The van der Waals surface area contributed by atoms with Crippen LogP contribution in [0.2, 0.25) is 0 Å². The van der Waals surface area contributed by atoms with Crippen LogP contribution in [0, 0.1) is 6.92 Å². The van der Waals surface area contributed by atoms with E-state index in [-0.39, 0.29) is 5.41 Å². The minimum atomic E-state index is 0.267. The molecule has 1 aromatic rings. The second kappa shape index (κ2) is 6.83. The molecule has 0 radical (unpaired) electrons. The quantitative estimate of drug-likeness (QED) is 0.639. The van der Waals surface area contributed by atoms with Crippen molar-refractivity contribution >= 4 is 0 Å². The van der Waals surface area contributed by atoms with Gasteiger partial charge in [-0.05, 0) is 47.4 Å². The molecule has 0 heterocycles. The fourth-order valence-corrected chi connectivity index (χ4v) is 2.18. The molecule has 1 rings (SSSR count). The van der Waals surface area contributed by atoms with Crippen LogP contribution in [-0.4, -0.2) is 0 Å². The molecule has 0 bridgehead atoms. The molecule has 0 aliphatic rings. The minimum absolute atomic E-state index is 0.267. The summed E-state index contributed by atoms with van der Waals surface area (Å²) in [6.07, 6.45) is 2.27. The highest BCUT2D eigenvalue weighted by Crippen LogP contribution is 2.29. The molecule has 0 saturated carbocycles. The predicted octanol–water partition coefficient (Wildman–Crippen LogP) is 5.44. The Morgan fingerprint density at radius 2 is 1.35 bits per heavy atom. The fraction of sp³-hybridized carbons (Fsp3) is 0.647. The van der Waals surface area contributed by atoms with E-state index in [0.717, 1.165) is 12.8 Å². The van der Waals surface area contributed by atoms with E-state index in [1.54, 1.807) is 0 Å². The molecule has 0 nitrogen and oxygen atoms in total. The number of hydrogen-bond acceptors (Lipinski definition) is 0. The van der Waals surface area contributed by atoms with Gasteiger partial charge in [0.2, 0.25) is 0 Å². The molecule has 0 saturated heterocycles. The molecule has 0 aliphatic heterocycles. The number of benzene rings is 1. The third-order valence-corrected chi connectivity index (χ3v) is 3.13. The molecule has 17 heavy (non-hydrogen) atoms. The summed E-state index contributed by atoms with van der Waals surface area (Å²) in [5, 5.41) is 0. The highest BCUT2D eigenvalue weighted by Gasteiger charge is 2.18. The average molecular weight is 234 g/mol. The summed E-state index contributed by atoms with van der Waals surface area (Å²) in [7, 11) is 0. The lowest BCUT2D eigenvalue weighted by molar-refractivity contribution is 0.582. The summed E-state index contributed by atoms with van der Waals surface area (Å²) in [5.41, 5.74) is 6.24. The van der Waals surface area contributed by atoms with Crippen LogP contribution in [0.5, 0.6) is 0 Å². The summed E-state index contributed by atoms with van der Waals surface area (Å²) in [6, 6.07) is 4.79. The Morgan fingerprint density at radius 1 is 0.882 bits per heavy atom. The second-order valence-electron chi connectivity index (χ2n) is 5.39. The first-order valence-corrected chi connectivity index (χ1v) is 7.03. The molecule has 0 unspecified atom stereocenters. The van der Waals surface area contributed by atoms with Crippen LogP contribution in [0.25, 0.3) is 0 Å². The third kappa shape index (κ3) is 4.18. The monoisotopic (exact) mass is 234 g/mol. The molecule has 0 atom stereocenters. The Balaban J connectivity index is 0.00000121. The minimum Gasteiger partial charge on any atom is -0.0683 e. The van der Waals surface area contributed by atoms with Gasteiger partial charge in [0, 0.05) is 0 Å². The van der Waals surface area contributed by atoms with E-state index < -0.39 is 0 Å². The molecule has 0 N–H and O–H groups in total. The summed E-state index contributed by atoms with van der Waals surface area (Å²) in [4.78, 5) is 0. The summed E-state index contributed by atoms with van der Waals surface area (Å²) < 4.78 is 0. The van der Waals surface area contributed by atoms with Crippen LogP contribution < -0.4 is 0 Å². The fourth-order valence-electron chi connectivity index (χ4n) is 2.18. The van der Waals surface area contributed by atoms with Gasteiger partial charge in [0.15, 0.2) is 0 Å². The Labute approximate surface area is 108 Å². The molecular formula is C17H30. The molecule has 0 aromatic heterocycles. The van der Waals surface area contributed by atoms with Gasteiger partial charge in [0.1, 0.15) is 0 Å². The van der Waals surface area contributed by atoms with Gasteiger partial charge in [-0.15, -0.1) is 0 Å². The Kier molecular flexibility index (Phi) is 6.52. The lowest BCUT2D eigenvalue weighted by Gasteiger charge is -2.24. The van der Waals surface area contributed by atoms with Crippen molar-refractivity contribution in [3.8, 4) is 0 Å². The highest BCUT2D eigenvalue weighted by atomic mass is 14.2. The van der Waals surface area contributed by atoms with Gasteiger partial charge in [-0.1, -0.05) is 60.6 Å². The SMILES string of the molecule is CC.CCc1cc(C(C)(C)C)c(CC)cc1C. The zero-order valence-corrected chi connectivity index (χ0v) is 13.1. The molecule has 0 aliphatic carbocycles. The Morgan fingerprint density at radius 3 is 1.71 bits per heavy atom. The van der Waals surface area contributed by atoms with Crippen LogP contribution in [0.1, 0.15) is 70.7 Å². The maximum Gasteiger partial charge on any atom is -0.0129 e. The lowest BCUT2D eigenvalue weighted by Crippen LogP contribution is -2.15. The number of rotatable bonds is 2. The van der Waals surface area contributed by atoms with Gasteiger partial charge in [-0.25, -0.2) is 0 Å². The van der Waals surface area contributed by atoms with Gasteiger partial charge in [-0.2, -0.15) is 0 Å². The lowest BCUT2D eigenvalue weighted by atomic mass is 9.81. The van der Waals surface area contributed by atoms with Crippen LogP contribution in [-0.2, 0) is 18.3 Å². The van der Waals surface area contributed by atoms with Gasteiger partial charge in [-0.3, -0.25) is 0 Å². The molecular weight excluding hydrogens is 204 g/mol. The summed E-state index contributed by atoms with van der Waals surface area (Å²) in [5.74, 6) is 0. The third-order valence-electron chi connectivity index (χ3n) is 3.13.